The van der Waals surface area contributed by atoms with Gasteiger partial charge >= 0.3 is 0 Å². The van der Waals surface area contributed by atoms with Crippen LogP contribution in [0, 0.1) is 6.92 Å². The molecule has 3 rings (SSSR count). The summed E-state index contributed by atoms with van der Waals surface area (Å²) in [5.41, 5.74) is 0. The molecule has 0 saturated carbocycles. The van der Waals surface area contributed by atoms with Crippen molar-refractivity contribution in [3.05, 3.63) is 36.0 Å². The molecule has 1 aromatic heterocycles. The lowest BCUT2D eigenvalue weighted by atomic mass is 9.97. The third kappa shape index (κ3) is 4.74. The van der Waals surface area contributed by atoms with E-state index in [-0.39, 0.29) is 18.4 Å². The molecule has 1 fully saturated rings. The van der Waals surface area contributed by atoms with E-state index in [9.17, 15) is 4.79 Å². The van der Waals surface area contributed by atoms with Crippen molar-refractivity contribution in [2.75, 3.05) is 26.3 Å². The molecule has 1 saturated heterocycles. The zero-order chi connectivity index (χ0) is 18.4. The second-order valence-electron chi connectivity index (χ2n) is 6.44. The summed E-state index contributed by atoms with van der Waals surface area (Å²) in [5, 5.41) is 3.84. The van der Waals surface area contributed by atoms with E-state index in [1.165, 1.54) is 0 Å². The van der Waals surface area contributed by atoms with Gasteiger partial charge in [0, 0.05) is 19.0 Å². The molecule has 0 atom stereocenters. The smallest absolute Gasteiger partial charge is 0.260 e. The average molecular weight is 359 g/mol. The lowest BCUT2D eigenvalue weighted by molar-refractivity contribution is -0.134. The number of rotatable bonds is 7. The first-order valence-electron chi connectivity index (χ1n) is 9.09. The topological polar surface area (TPSA) is 77.7 Å². The van der Waals surface area contributed by atoms with Gasteiger partial charge in [0.05, 0.1) is 6.61 Å². The average Bonchev–Trinajstić information content (AvgIpc) is 3.12. The SMILES string of the molecule is CCCOc1ccc(OCC(=O)N2CCC(c3nc(C)no3)CC2)cc1. The first kappa shape index (κ1) is 18.2. The van der Waals surface area contributed by atoms with Crippen LogP contribution in [0.2, 0.25) is 0 Å². The van der Waals surface area contributed by atoms with E-state index in [0.717, 1.165) is 25.0 Å². The molecule has 0 spiro atoms. The van der Waals surface area contributed by atoms with Crippen molar-refractivity contribution >= 4 is 5.91 Å². The number of hydrogen-bond acceptors (Lipinski definition) is 6. The quantitative estimate of drug-likeness (QED) is 0.756. The number of piperidine rings is 1. The Bertz CT molecular complexity index is 706. The molecule has 1 aliphatic rings. The van der Waals surface area contributed by atoms with Crippen LogP contribution in [0.25, 0.3) is 0 Å². The first-order chi connectivity index (χ1) is 12.7. The molecule has 1 amide bonds. The van der Waals surface area contributed by atoms with Crippen molar-refractivity contribution < 1.29 is 18.8 Å². The number of hydrogen-bond donors (Lipinski definition) is 0. The molecule has 7 heteroatoms. The largest absolute Gasteiger partial charge is 0.494 e. The van der Waals surface area contributed by atoms with Gasteiger partial charge in [-0.3, -0.25) is 4.79 Å². The third-order valence-corrected chi connectivity index (χ3v) is 4.40. The lowest BCUT2D eigenvalue weighted by Crippen LogP contribution is -2.40. The van der Waals surface area contributed by atoms with Gasteiger partial charge in [0.25, 0.3) is 5.91 Å². The molecule has 0 radical (unpaired) electrons. The number of likely N-dealkylation sites (tertiary alicyclic amines) is 1. The Morgan fingerprint density at radius 2 is 1.85 bits per heavy atom. The predicted octanol–water partition coefficient (Wildman–Crippen LogP) is 2.95. The number of nitrogens with zero attached hydrogens (tertiary/aromatic N) is 3. The number of aromatic nitrogens is 2. The van der Waals surface area contributed by atoms with Crippen LogP contribution in [0.15, 0.2) is 28.8 Å². The fraction of sp³-hybridized carbons (Fsp3) is 0.526. The Labute approximate surface area is 153 Å². The highest BCUT2D eigenvalue weighted by Crippen LogP contribution is 2.26. The number of benzene rings is 1. The van der Waals surface area contributed by atoms with Crippen molar-refractivity contribution in [1.29, 1.82) is 0 Å². The molecule has 1 aromatic carbocycles. The maximum atomic E-state index is 12.4. The fourth-order valence-corrected chi connectivity index (χ4v) is 2.94. The number of carbonyl (C=O) groups excluding carboxylic acids is 1. The van der Waals surface area contributed by atoms with Crippen molar-refractivity contribution in [2.24, 2.45) is 0 Å². The van der Waals surface area contributed by atoms with Gasteiger partial charge in [-0.15, -0.1) is 0 Å². The molecule has 26 heavy (non-hydrogen) atoms. The Morgan fingerprint density at radius 1 is 1.19 bits per heavy atom. The molecule has 2 aromatic rings. The number of aryl methyl sites for hydroxylation is 1. The molecule has 0 N–H and O–H groups in total. The number of ether oxygens (including phenoxy) is 2. The second-order valence-corrected chi connectivity index (χ2v) is 6.44. The van der Waals surface area contributed by atoms with Crippen LogP contribution in [-0.2, 0) is 4.79 Å². The van der Waals surface area contributed by atoms with E-state index < -0.39 is 0 Å². The summed E-state index contributed by atoms with van der Waals surface area (Å²) < 4.78 is 16.4. The minimum atomic E-state index is -0.00327. The van der Waals surface area contributed by atoms with E-state index in [1.54, 1.807) is 0 Å². The highest BCUT2D eigenvalue weighted by atomic mass is 16.5. The van der Waals surface area contributed by atoms with Crippen LogP contribution >= 0.6 is 0 Å². The summed E-state index contributed by atoms with van der Waals surface area (Å²) in [5.74, 6) is 3.03. The molecule has 0 bridgehead atoms. The minimum absolute atomic E-state index is 0.00327. The Hall–Kier alpha value is -2.57. The summed E-state index contributed by atoms with van der Waals surface area (Å²) in [6.07, 6.45) is 2.63. The van der Waals surface area contributed by atoms with Crippen molar-refractivity contribution in [1.82, 2.24) is 15.0 Å². The van der Waals surface area contributed by atoms with E-state index in [0.29, 0.717) is 37.2 Å². The van der Waals surface area contributed by atoms with E-state index in [2.05, 4.69) is 17.1 Å². The zero-order valence-electron chi connectivity index (χ0n) is 15.3. The third-order valence-electron chi connectivity index (χ3n) is 4.40. The summed E-state index contributed by atoms with van der Waals surface area (Å²) in [7, 11) is 0. The van der Waals surface area contributed by atoms with Crippen molar-refractivity contribution in [2.45, 2.75) is 39.0 Å². The Balaban J connectivity index is 1.43. The summed E-state index contributed by atoms with van der Waals surface area (Å²) in [4.78, 5) is 18.5. The van der Waals surface area contributed by atoms with Crippen molar-refractivity contribution in [3.8, 4) is 11.5 Å². The minimum Gasteiger partial charge on any atom is -0.494 e. The van der Waals surface area contributed by atoms with Gasteiger partial charge in [0.2, 0.25) is 5.89 Å². The summed E-state index contributed by atoms with van der Waals surface area (Å²) in [6, 6.07) is 7.35. The zero-order valence-corrected chi connectivity index (χ0v) is 15.3. The van der Waals surface area contributed by atoms with Crippen LogP contribution in [0.1, 0.15) is 43.8 Å². The van der Waals surface area contributed by atoms with Crippen LogP contribution in [0.4, 0.5) is 0 Å². The normalized spacial score (nSPS) is 15.1. The molecular weight excluding hydrogens is 334 g/mol. The molecule has 7 nitrogen and oxygen atoms in total. The number of amides is 1. The predicted molar refractivity (Wildman–Crippen MR) is 95.3 cm³/mol. The van der Waals surface area contributed by atoms with Crippen LogP contribution in [-0.4, -0.2) is 47.3 Å². The number of carbonyl (C=O) groups is 1. The molecule has 0 unspecified atom stereocenters. The summed E-state index contributed by atoms with van der Waals surface area (Å²) in [6.45, 7) is 5.97. The second kappa shape index (κ2) is 8.69. The van der Waals surface area contributed by atoms with Crippen LogP contribution in [0.5, 0.6) is 11.5 Å². The maximum absolute atomic E-state index is 12.4. The van der Waals surface area contributed by atoms with Crippen LogP contribution < -0.4 is 9.47 Å². The molecule has 0 aliphatic carbocycles. The van der Waals surface area contributed by atoms with Gasteiger partial charge in [-0.05, 0) is 50.5 Å². The Morgan fingerprint density at radius 3 is 2.42 bits per heavy atom. The summed E-state index contributed by atoms with van der Waals surface area (Å²) >= 11 is 0. The highest BCUT2D eigenvalue weighted by molar-refractivity contribution is 5.77. The van der Waals surface area contributed by atoms with E-state index >= 15 is 0 Å². The molecule has 1 aliphatic heterocycles. The maximum Gasteiger partial charge on any atom is 0.260 e. The van der Waals surface area contributed by atoms with E-state index in [4.69, 9.17) is 14.0 Å². The van der Waals surface area contributed by atoms with Crippen LogP contribution in [0.3, 0.4) is 0 Å². The van der Waals surface area contributed by atoms with Crippen molar-refractivity contribution in [3.63, 3.8) is 0 Å². The van der Waals surface area contributed by atoms with Gasteiger partial charge in [-0.25, -0.2) is 0 Å². The van der Waals surface area contributed by atoms with Gasteiger partial charge in [-0.2, -0.15) is 4.98 Å². The van der Waals surface area contributed by atoms with Gasteiger partial charge < -0.3 is 18.9 Å². The fourth-order valence-electron chi connectivity index (χ4n) is 2.94. The van der Waals surface area contributed by atoms with E-state index in [1.807, 2.05) is 36.1 Å². The molecule has 140 valence electrons. The van der Waals surface area contributed by atoms with Gasteiger partial charge in [0.1, 0.15) is 11.5 Å². The molecule has 2 heterocycles. The lowest BCUT2D eigenvalue weighted by Gasteiger charge is -2.30. The standard InChI is InChI=1S/C19H25N3O4/c1-3-12-24-16-4-6-17(7-5-16)25-13-18(23)22-10-8-15(9-11-22)19-20-14(2)21-26-19/h4-7,15H,3,8-13H2,1-2H3. The Kier molecular flexibility index (Phi) is 6.09. The van der Waals surface area contributed by atoms with Gasteiger partial charge in [0.15, 0.2) is 12.4 Å². The first-order valence-corrected chi connectivity index (χ1v) is 9.09. The highest BCUT2D eigenvalue weighted by Gasteiger charge is 2.27. The molecular formula is C19H25N3O4. The monoisotopic (exact) mass is 359 g/mol. The van der Waals surface area contributed by atoms with Gasteiger partial charge in [-0.1, -0.05) is 12.1 Å².